The van der Waals surface area contributed by atoms with Crippen molar-refractivity contribution in [2.24, 2.45) is 0 Å². The molecule has 2 rings (SSSR count). The van der Waals surface area contributed by atoms with Crippen molar-refractivity contribution in [3.05, 3.63) is 34.5 Å². The predicted molar refractivity (Wildman–Crippen MR) is 67.6 cm³/mol. The third kappa shape index (κ3) is 2.34. The molecule has 0 aliphatic heterocycles. The van der Waals surface area contributed by atoms with Gasteiger partial charge in [-0.1, -0.05) is 25.4 Å². The minimum absolute atomic E-state index is 0.277. The van der Waals surface area contributed by atoms with Gasteiger partial charge in [-0.3, -0.25) is 0 Å². The Balaban J connectivity index is 2.57. The van der Waals surface area contributed by atoms with Gasteiger partial charge >= 0.3 is 0 Å². The van der Waals surface area contributed by atoms with Crippen LogP contribution in [0.3, 0.4) is 0 Å². The third-order valence-electron chi connectivity index (χ3n) is 2.48. The Hall–Kier alpha value is -1.93. The molecular weight excluding hydrogens is 250 g/mol. The van der Waals surface area contributed by atoms with E-state index in [-0.39, 0.29) is 5.15 Å². The normalized spacial score (nSPS) is 10.3. The molecule has 2 aromatic rings. The zero-order chi connectivity index (χ0) is 13.1. The molecule has 0 saturated carbocycles. The summed E-state index contributed by atoms with van der Waals surface area (Å²) in [6, 6.07) is 5.22. The van der Waals surface area contributed by atoms with Gasteiger partial charge in [-0.25, -0.2) is 9.97 Å². The van der Waals surface area contributed by atoms with E-state index in [2.05, 4.69) is 21.1 Å². The first-order valence-electron chi connectivity index (χ1n) is 5.70. The molecule has 0 spiro atoms. The number of pyridine rings is 1. The second-order valence-electron chi connectivity index (χ2n) is 3.71. The predicted octanol–water partition coefficient (Wildman–Crippen LogP) is 2.31. The van der Waals surface area contributed by atoms with Crippen LogP contribution in [0.15, 0.2) is 12.1 Å². The molecule has 0 radical (unpaired) electrons. The number of aryl methyl sites for hydroxylation is 2. The molecule has 5 nitrogen and oxygen atoms in total. The summed E-state index contributed by atoms with van der Waals surface area (Å²) in [6.45, 7) is 3.99. The molecule has 18 heavy (non-hydrogen) atoms. The molecule has 2 heterocycles. The summed E-state index contributed by atoms with van der Waals surface area (Å²) >= 11 is 5.89. The van der Waals surface area contributed by atoms with E-state index in [1.54, 1.807) is 10.7 Å². The second-order valence-corrected chi connectivity index (χ2v) is 4.10. The highest BCUT2D eigenvalue weighted by atomic mass is 35.5. The molecule has 0 aliphatic rings. The van der Waals surface area contributed by atoms with Crippen LogP contribution in [-0.4, -0.2) is 19.7 Å². The van der Waals surface area contributed by atoms with Gasteiger partial charge in [0.05, 0.1) is 11.6 Å². The molecule has 0 aliphatic carbocycles. The van der Waals surface area contributed by atoms with Crippen molar-refractivity contribution >= 4 is 11.6 Å². The van der Waals surface area contributed by atoms with Gasteiger partial charge in [0, 0.05) is 18.9 Å². The molecule has 0 bridgehead atoms. The largest absolute Gasteiger partial charge is 0.217 e. The lowest BCUT2D eigenvalue weighted by molar-refractivity contribution is 0.769. The quantitative estimate of drug-likeness (QED) is 0.795. The molecular formula is C12H12ClN5. The van der Waals surface area contributed by atoms with Crippen molar-refractivity contribution in [1.82, 2.24) is 19.7 Å². The van der Waals surface area contributed by atoms with E-state index in [4.69, 9.17) is 16.9 Å². The minimum atomic E-state index is 0.277. The highest BCUT2D eigenvalue weighted by molar-refractivity contribution is 6.29. The van der Waals surface area contributed by atoms with Crippen LogP contribution in [0.2, 0.25) is 5.15 Å². The maximum Gasteiger partial charge on any atom is 0.158 e. The van der Waals surface area contributed by atoms with Crippen LogP contribution >= 0.6 is 11.6 Å². The lowest BCUT2D eigenvalue weighted by Gasteiger charge is -2.04. The smallest absolute Gasteiger partial charge is 0.158 e. The first kappa shape index (κ1) is 12.5. The van der Waals surface area contributed by atoms with Gasteiger partial charge in [0.1, 0.15) is 11.0 Å². The van der Waals surface area contributed by atoms with Gasteiger partial charge in [0.15, 0.2) is 11.6 Å². The van der Waals surface area contributed by atoms with Crippen molar-refractivity contribution < 1.29 is 0 Å². The molecule has 6 heteroatoms. The second kappa shape index (κ2) is 5.15. The summed E-state index contributed by atoms with van der Waals surface area (Å²) in [7, 11) is 0. The number of nitriles is 1. The monoisotopic (exact) mass is 261 g/mol. The number of hydrogen-bond donors (Lipinski definition) is 0. The van der Waals surface area contributed by atoms with Crippen molar-refractivity contribution in [2.45, 2.75) is 26.7 Å². The molecule has 92 valence electrons. The maximum absolute atomic E-state index is 8.93. The SMILES string of the molecule is CCc1nc(CC)n(-c2cc(C#N)cc(Cl)n2)n1. The van der Waals surface area contributed by atoms with Gasteiger partial charge in [0.2, 0.25) is 0 Å². The van der Waals surface area contributed by atoms with Crippen molar-refractivity contribution in [1.29, 1.82) is 5.26 Å². The topological polar surface area (TPSA) is 67.4 Å². The van der Waals surface area contributed by atoms with E-state index in [0.717, 1.165) is 24.5 Å². The van der Waals surface area contributed by atoms with Crippen LogP contribution in [0.4, 0.5) is 0 Å². The van der Waals surface area contributed by atoms with Gasteiger partial charge in [-0.05, 0) is 6.07 Å². The molecule has 0 saturated heterocycles. The lowest BCUT2D eigenvalue weighted by Crippen LogP contribution is -2.05. The summed E-state index contributed by atoms with van der Waals surface area (Å²) < 4.78 is 1.64. The van der Waals surface area contributed by atoms with Gasteiger partial charge in [0.25, 0.3) is 0 Å². The standard InChI is InChI=1S/C12H12ClN5/c1-3-10-16-11(4-2)18(17-10)12-6-8(7-14)5-9(13)15-12/h5-6H,3-4H2,1-2H3. The lowest BCUT2D eigenvalue weighted by atomic mass is 10.3. The zero-order valence-corrected chi connectivity index (χ0v) is 10.9. The van der Waals surface area contributed by atoms with Crippen LogP contribution in [0, 0.1) is 11.3 Å². The van der Waals surface area contributed by atoms with E-state index in [1.165, 1.54) is 6.07 Å². The third-order valence-corrected chi connectivity index (χ3v) is 2.67. The van der Waals surface area contributed by atoms with Crippen molar-refractivity contribution in [2.75, 3.05) is 0 Å². The Morgan fingerprint density at radius 2 is 2.06 bits per heavy atom. The van der Waals surface area contributed by atoms with Crippen LogP contribution in [0.1, 0.15) is 31.1 Å². The number of rotatable bonds is 3. The first-order valence-corrected chi connectivity index (χ1v) is 6.08. The summed E-state index contributed by atoms with van der Waals surface area (Å²) in [6.07, 6.45) is 1.49. The molecule has 0 atom stereocenters. The summed E-state index contributed by atoms with van der Waals surface area (Å²) in [4.78, 5) is 8.58. The molecule has 0 aromatic carbocycles. The van der Waals surface area contributed by atoms with E-state index < -0.39 is 0 Å². The average molecular weight is 262 g/mol. The number of hydrogen-bond acceptors (Lipinski definition) is 4. The summed E-state index contributed by atoms with van der Waals surface area (Å²) in [5, 5.41) is 13.6. The Labute approximate surface area is 110 Å². The maximum atomic E-state index is 8.93. The fourth-order valence-corrected chi connectivity index (χ4v) is 1.81. The Bertz CT molecular complexity index is 611. The first-order chi connectivity index (χ1) is 8.67. The molecule has 0 fully saturated rings. The Morgan fingerprint density at radius 1 is 1.28 bits per heavy atom. The molecule has 0 N–H and O–H groups in total. The van der Waals surface area contributed by atoms with Crippen molar-refractivity contribution in [3.8, 4) is 11.9 Å². The van der Waals surface area contributed by atoms with Crippen molar-refractivity contribution in [3.63, 3.8) is 0 Å². The zero-order valence-electron chi connectivity index (χ0n) is 10.2. The van der Waals surface area contributed by atoms with Crippen LogP contribution in [0.5, 0.6) is 0 Å². The van der Waals surface area contributed by atoms with Crippen LogP contribution in [-0.2, 0) is 12.8 Å². The molecule has 2 aromatic heterocycles. The molecule has 0 amide bonds. The highest BCUT2D eigenvalue weighted by Gasteiger charge is 2.11. The van der Waals surface area contributed by atoms with E-state index >= 15 is 0 Å². The van der Waals surface area contributed by atoms with E-state index in [1.807, 2.05) is 13.8 Å². The summed E-state index contributed by atoms with van der Waals surface area (Å²) in [5.74, 6) is 2.10. The van der Waals surface area contributed by atoms with Crippen LogP contribution < -0.4 is 0 Å². The Kier molecular flexibility index (Phi) is 3.58. The fraction of sp³-hybridized carbons (Fsp3) is 0.333. The van der Waals surface area contributed by atoms with E-state index in [0.29, 0.717) is 11.4 Å². The Morgan fingerprint density at radius 3 is 2.67 bits per heavy atom. The minimum Gasteiger partial charge on any atom is -0.217 e. The number of aromatic nitrogens is 4. The van der Waals surface area contributed by atoms with Gasteiger partial charge < -0.3 is 0 Å². The highest BCUT2D eigenvalue weighted by Crippen LogP contribution is 2.15. The summed E-state index contributed by atoms with van der Waals surface area (Å²) in [5.41, 5.74) is 0.459. The van der Waals surface area contributed by atoms with Crippen LogP contribution in [0.25, 0.3) is 5.82 Å². The average Bonchev–Trinajstić information content (AvgIpc) is 2.81. The molecule has 0 unspecified atom stereocenters. The van der Waals surface area contributed by atoms with Gasteiger partial charge in [-0.2, -0.15) is 9.94 Å². The number of halogens is 1. The number of nitrogens with zero attached hydrogens (tertiary/aromatic N) is 5. The van der Waals surface area contributed by atoms with Gasteiger partial charge in [-0.15, -0.1) is 5.10 Å². The fourth-order valence-electron chi connectivity index (χ4n) is 1.61. The van der Waals surface area contributed by atoms with E-state index in [9.17, 15) is 0 Å².